The normalized spacial score (nSPS) is 21.3. The average molecular weight is 426 g/mol. The maximum absolute atomic E-state index is 13.1. The predicted octanol–water partition coefficient (Wildman–Crippen LogP) is 3.56. The van der Waals surface area contributed by atoms with Crippen LogP contribution in [0.3, 0.4) is 0 Å². The molecule has 2 atom stereocenters. The Morgan fingerprint density at radius 1 is 1.23 bits per heavy atom. The minimum absolute atomic E-state index is 0.151. The molecule has 0 radical (unpaired) electrons. The minimum Gasteiger partial charge on any atom is -0.361 e. The van der Waals surface area contributed by atoms with Crippen LogP contribution >= 0.6 is 11.6 Å². The Kier molecular flexibility index (Phi) is 4.85. The topological polar surface area (TPSA) is 75.4 Å². The first-order valence-corrected chi connectivity index (χ1v) is 10.8. The van der Waals surface area contributed by atoms with Crippen molar-refractivity contribution >= 4 is 34.4 Å². The first-order valence-electron chi connectivity index (χ1n) is 10.4. The summed E-state index contributed by atoms with van der Waals surface area (Å²) in [5.74, 6) is 2.28. The summed E-state index contributed by atoms with van der Waals surface area (Å²) >= 11 is 6.06. The van der Waals surface area contributed by atoms with Crippen molar-refractivity contribution < 1.29 is 9.32 Å². The molecular formula is C22H24ClN5O2. The van der Waals surface area contributed by atoms with E-state index in [0.29, 0.717) is 17.4 Å². The molecule has 0 aliphatic carbocycles. The average Bonchev–Trinajstić information content (AvgIpc) is 3.31. The zero-order valence-electron chi connectivity index (χ0n) is 17.1. The lowest BCUT2D eigenvalue weighted by Gasteiger charge is -2.39. The molecule has 0 saturated carbocycles. The van der Waals surface area contributed by atoms with Crippen molar-refractivity contribution in [2.24, 2.45) is 5.92 Å². The molecule has 2 aromatic heterocycles. The number of benzene rings is 1. The highest BCUT2D eigenvalue weighted by Crippen LogP contribution is 2.34. The molecule has 0 N–H and O–H groups in total. The monoisotopic (exact) mass is 425 g/mol. The van der Waals surface area contributed by atoms with Crippen LogP contribution in [-0.4, -0.2) is 51.6 Å². The summed E-state index contributed by atoms with van der Waals surface area (Å²) in [4.78, 5) is 26.8. The van der Waals surface area contributed by atoms with Crippen LogP contribution in [0.2, 0.25) is 5.02 Å². The molecule has 156 valence electrons. The standard InChI is InChI=1S/C22H24ClN5O2/c1-13-17(14(2)30-26-13)10-22(29)28-8-6-15-5-7-27(12-20(15)28)21-11-24-19-9-16(23)3-4-18(19)25-21/h3-4,9,11,15,20H,5-8,10,12H2,1-2H3. The quantitative estimate of drug-likeness (QED) is 0.638. The van der Waals surface area contributed by atoms with Gasteiger partial charge in [0.25, 0.3) is 0 Å². The fraction of sp³-hybridized carbons (Fsp3) is 0.455. The van der Waals surface area contributed by atoms with Crippen molar-refractivity contribution in [3.8, 4) is 0 Å². The lowest BCUT2D eigenvalue weighted by atomic mass is 9.92. The van der Waals surface area contributed by atoms with Crippen LogP contribution in [0, 0.1) is 19.8 Å². The van der Waals surface area contributed by atoms with E-state index in [1.54, 1.807) is 0 Å². The number of fused-ring (bicyclic) bond motifs is 2. The number of likely N-dealkylation sites (tertiary alicyclic amines) is 1. The van der Waals surface area contributed by atoms with Crippen LogP contribution in [0.1, 0.15) is 29.9 Å². The van der Waals surface area contributed by atoms with Gasteiger partial charge in [-0.15, -0.1) is 0 Å². The smallest absolute Gasteiger partial charge is 0.227 e. The van der Waals surface area contributed by atoms with Crippen LogP contribution in [0.25, 0.3) is 11.0 Å². The molecule has 7 nitrogen and oxygen atoms in total. The lowest BCUT2D eigenvalue weighted by Crippen LogP contribution is -2.50. The summed E-state index contributed by atoms with van der Waals surface area (Å²) in [7, 11) is 0. The number of piperidine rings is 1. The van der Waals surface area contributed by atoms with Gasteiger partial charge in [0.2, 0.25) is 5.91 Å². The van der Waals surface area contributed by atoms with E-state index in [9.17, 15) is 4.79 Å². The number of halogens is 1. The molecule has 5 rings (SSSR count). The van der Waals surface area contributed by atoms with Crippen molar-refractivity contribution in [2.45, 2.75) is 39.2 Å². The Bertz CT molecular complexity index is 1090. The van der Waals surface area contributed by atoms with Gasteiger partial charge in [-0.25, -0.2) is 4.98 Å². The third-order valence-corrected chi connectivity index (χ3v) is 6.74. The van der Waals surface area contributed by atoms with Gasteiger partial charge in [-0.1, -0.05) is 16.8 Å². The van der Waals surface area contributed by atoms with Crippen molar-refractivity contribution in [3.05, 3.63) is 46.4 Å². The zero-order chi connectivity index (χ0) is 20.8. The van der Waals surface area contributed by atoms with Crippen molar-refractivity contribution in [1.29, 1.82) is 0 Å². The van der Waals surface area contributed by atoms with Gasteiger partial charge < -0.3 is 14.3 Å². The highest BCUT2D eigenvalue weighted by molar-refractivity contribution is 6.31. The van der Waals surface area contributed by atoms with E-state index in [4.69, 9.17) is 21.1 Å². The Morgan fingerprint density at radius 3 is 2.87 bits per heavy atom. The van der Waals surface area contributed by atoms with Gasteiger partial charge in [-0.05, 0) is 50.8 Å². The van der Waals surface area contributed by atoms with E-state index in [-0.39, 0.29) is 11.9 Å². The Morgan fingerprint density at radius 2 is 2.07 bits per heavy atom. The van der Waals surface area contributed by atoms with Gasteiger partial charge in [0.1, 0.15) is 11.6 Å². The van der Waals surface area contributed by atoms with E-state index >= 15 is 0 Å². The summed E-state index contributed by atoms with van der Waals surface area (Å²) in [6, 6.07) is 5.76. The van der Waals surface area contributed by atoms with Gasteiger partial charge in [-0.2, -0.15) is 0 Å². The molecule has 8 heteroatoms. The largest absolute Gasteiger partial charge is 0.361 e. The molecular weight excluding hydrogens is 402 g/mol. The molecule has 2 aliphatic heterocycles. The third kappa shape index (κ3) is 3.41. The molecule has 3 aromatic rings. The molecule has 4 heterocycles. The molecule has 30 heavy (non-hydrogen) atoms. The van der Waals surface area contributed by atoms with Crippen LogP contribution in [0.5, 0.6) is 0 Å². The minimum atomic E-state index is 0.151. The van der Waals surface area contributed by atoms with Gasteiger partial charge in [-0.3, -0.25) is 9.78 Å². The fourth-order valence-electron chi connectivity index (χ4n) is 4.79. The number of nitrogens with zero attached hydrogens (tertiary/aromatic N) is 5. The SMILES string of the molecule is Cc1noc(C)c1CC(=O)N1CCC2CCN(c3cnc4cc(Cl)ccc4n3)CC21. The Labute approximate surface area is 180 Å². The van der Waals surface area contributed by atoms with E-state index < -0.39 is 0 Å². The van der Waals surface area contributed by atoms with Crippen molar-refractivity contribution in [2.75, 3.05) is 24.5 Å². The molecule has 2 saturated heterocycles. The molecule has 2 unspecified atom stereocenters. The molecule has 1 amide bonds. The molecule has 2 aliphatic rings. The number of amides is 1. The molecule has 0 bridgehead atoms. The number of hydrogen-bond donors (Lipinski definition) is 0. The second-order valence-corrected chi connectivity index (χ2v) is 8.72. The second kappa shape index (κ2) is 7.54. The predicted molar refractivity (Wildman–Crippen MR) is 115 cm³/mol. The van der Waals surface area contributed by atoms with Crippen LogP contribution in [0.4, 0.5) is 5.82 Å². The first kappa shape index (κ1) is 19.3. The summed E-state index contributed by atoms with van der Waals surface area (Å²) in [6.45, 7) is 6.28. The Balaban J connectivity index is 1.34. The van der Waals surface area contributed by atoms with E-state index in [2.05, 4.69) is 19.9 Å². The third-order valence-electron chi connectivity index (χ3n) is 6.51. The van der Waals surface area contributed by atoms with Crippen LogP contribution < -0.4 is 4.90 Å². The highest BCUT2D eigenvalue weighted by atomic mass is 35.5. The van der Waals surface area contributed by atoms with E-state index in [0.717, 1.165) is 66.3 Å². The maximum Gasteiger partial charge on any atom is 0.227 e. The summed E-state index contributed by atoms with van der Waals surface area (Å²) < 4.78 is 5.23. The highest BCUT2D eigenvalue weighted by Gasteiger charge is 2.41. The summed E-state index contributed by atoms with van der Waals surface area (Å²) in [6.07, 6.45) is 4.28. The van der Waals surface area contributed by atoms with Gasteiger partial charge in [0, 0.05) is 30.2 Å². The summed E-state index contributed by atoms with van der Waals surface area (Å²) in [5.41, 5.74) is 3.33. The number of aryl methyl sites for hydroxylation is 2. The van der Waals surface area contributed by atoms with Crippen molar-refractivity contribution in [3.63, 3.8) is 0 Å². The van der Waals surface area contributed by atoms with Gasteiger partial charge >= 0.3 is 0 Å². The number of rotatable bonds is 3. The van der Waals surface area contributed by atoms with E-state index in [1.165, 1.54) is 0 Å². The lowest BCUT2D eigenvalue weighted by molar-refractivity contribution is -0.131. The van der Waals surface area contributed by atoms with Crippen LogP contribution in [-0.2, 0) is 11.2 Å². The molecule has 0 spiro atoms. The molecule has 2 fully saturated rings. The Hall–Kier alpha value is -2.67. The number of carbonyl (C=O) groups excluding carboxylic acids is 1. The van der Waals surface area contributed by atoms with E-state index in [1.807, 2.05) is 38.2 Å². The summed E-state index contributed by atoms with van der Waals surface area (Å²) in [5, 5.41) is 4.64. The van der Waals surface area contributed by atoms with Crippen molar-refractivity contribution in [1.82, 2.24) is 20.0 Å². The maximum atomic E-state index is 13.1. The van der Waals surface area contributed by atoms with Crippen LogP contribution in [0.15, 0.2) is 28.9 Å². The first-order chi connectivity index (χ1) is 14.5. The van der Waals surface area contributed by atoms with Gasteiger partial charge in [0.15, 0.2) is 0 Å². The number of carbonyl (C=O) groups is 1. The number of anilines is 1. The zero-order valence-corrected chi connectivity index (χ0v) is 17.9. The molecule has 1 aromatic carbocycles. The second-order valence-electron chi connectivity index (χ2n) is 8.28. The number of aromatic nitrogens is 3. The van der Waals surface area contributed by atoms with Gasteiger partial charge in [0.05, 0.1) is 35.4 Å². The fourth-order valence-corrected chi connectivity index (χ4v) is 4.96. The number of hydrogen-bond acceptors (Lipinski definition) is 6.